The van der Waals surface area contributed by atoms with Crippen LogP contribution in [0.4, 0.5) is 0 Å². The van der Waals surface area contributed by atoms with Crippen molar-refractivity contribution in [1.82, 2.24) is 0 Å². The minimum Gasteiger partial charge on any atom is -0.390 e. The molecule has 0 radical (unpaired) electrons. The normalized spacial score (nSPS) is 49.2. The molecule has 1 fully saturated rings. The number of rotatable bonds is 0. The van der Waals surface area contributed by atoms with Gasteiger partial charge >= 0.3 is 0 Å². The highest BCUT2D eigenvalue weighted by atomic mass is 16.3. The highest BCUT2D eigenvalue weighted by Gasteiger charge is 2.30. The lowest BCUT2D eigenvalue weighted by molar-refractivity contribution is -0.0537. The molecule has 0 aromatic carbocycles. The van der Waals surface area contributed by atoms with Crippen LogP contribution in [0.15, 0.2) is 0 Å². The van der Waals surface area contributed by atoms with E-state index in [1.54, 1.807) is 0 Å². The summed E-state index contributed by atoms with van der Waals surface area (Å²) in [5, 5.41) is 18.6. The van der Waals surface area contributed by atoms with Crippen molar-refractivity contribution in [2.45, 2.75) is 38.9 Å². The predicted octanol–water partition coefficient (Wildman–Crippen LogP) is 0.774. The Morgan fingerprint density at radius 2 is 1.70 bits per heavy atom. The number of aliphatic hydroxyl groups excluding tert-OH is 2. The fourth-order valence-corrected chi connectivity index (χ4v) is 1.80. The molecule has 0 spiro atoms. The Hall–Kier alpha value is -0.0800. The average molecular weight is 144 g/mol. The van der Waals surface area contributed by atoms with Gasteiger partial charge in [0.05, 0.1) is 12.2 Å². The van der Waals surface area contributed by atoms with Crippen LogP contribution in [0, 0.1) is 11.8 Å². The van der Waals surface area contributed by atoms with E-state index in [2.05, 4.69) is 6.92 Å². The molecule has 0 unspecified atom stereocenters. The standard InChI is InChI=1S/C8H16O2/c1-5-3-6(2)8(10)7(9)4-5/h5-10H,3-4H2,1-2H3/t5-,6+,7+,8-/m1/s1. The summed E-state index contributed by atoms with van der Waals surface area (Å²) >= 11 is 0. The van der Waals surface area contributed by atoms with Crippen molar-refractivity contribution in [3.63, 3.8) is 0 Å². The van der Waals surface area contributed by atoms with E-state index in [4.69, 9.17) is 0 Å². The third kappa shape index (κ3) is 1.50. The van der Waals surface area contributed by atoms with E-state index in [1.165, 1.54) is 0 Å². The van der Waals surface area contributed by atoms with Gasteiger partial charge in [-0.2, -0.15) is 0 Å². The molecule has 0 aromatic rings. The van der Waals surface area contributed by atoms with Crippen molar-refractivity contribution in [2.75, 3.05) is 0 Å². The van der Waals surface area contributed by atoms with Gasteiger partial charge in [0.15, 0.2) is 0 Å². The number of hydrogen-bond donors (Lipinski definition) is 2. The van der Waals surface area contributed by atoms with Gasteiger partial charge in [-0.3, -0.25) is 0 Å². The van der Waals surface area contributed by atoms with E-state index < -0.39 is 12.2 Å². The predicted molar refractivity (Wildman–Crippen MR) is 39.6 cm³/mol. The molecule has 0 aromatic heterocycles. The largest absolute Gasteiger partial charge is 0.390 e. The van der Waals surface area contributed by atoms with Crippen molar-refractivity contribution in [3.8, 4) is 0 Å². The first-order valence-electron chi connectivity index (χ1n) is 3.97. The molecule has 0 aliphatic heterocycles. The third-order valence-corrected chi connectivity index (χ3v) is 2.40. The molecular weight excluding hydrogens is 128 g/mol. The van der Waals surface area contributed by atoms with Gasteiger partial charge in [0.2, 0.25) is 0 Å². The summed E-state index contributed by atoms with van der Waals surface area (Å²) < 4.78 is 0. The van der Waals surface area contributed by atoms with Crippen LogP contribution >= 0.6 is 0 Å². The van der Waals surface area contributed by atoms with Crippen LogP contribution in [0.25, 0.3) is 0 Å². The molecule has 0 saturated heterocycles. The zero-order chi connectivity index (χ0) is 7.72. The highest BCUT2D eigenvalue weighted by molar-refractivity contribution is 4.81. The van der Waals surface area contributed by atoms with Crippen LogP contribution in [-0.4, -0.2) is 22.4 Å². The van der Waals surface area contributed by atoms with E-state index in [0.29, 0.717) is 5.92 Å². The zero-order valence-corrected chi connectivity index (χ0v) is 6.62. The summed E-state index contributed by atoms with van der Waals surface area (Å²) in [6.07, 6.45) is 0.818. The molecule has 2 N–H and O–H groups in total. The summed E-state index contributed by atoms with van der Waals surface area (Å²) in [6, 6.07) is 0. The van der Waals surface area contributed by atoms with E-state index in [0.717, 1.165) is 12.8 Å². The molecule has 0 bridgehead atoms. The van der Waals surface area contributed by atoms with Crippen molar-refractivity contribution in [3.05, 3.63) is 0 Å². The lowest BCUT2D eigenvalue weighted by Gasteiger charge is -2.33. The Bertz CT molecular complexity index is 102. The van der Waals surface area contributed by atoms with Crippen molar-refractivity contribution in [2.24, 2.45) is 11.8 Å². The van der Waals surface area contributed by atoms with Gasteiger partial charge in [-0.05, 0) is 24.7 Å². The smallest absolute Gasteiger partial charge is 0.0824 e. The van der Waals surface area contributed by atoms with E-state index in [1.807, 2.05) is 6.92 Å². The first-order valence-corrected chi connectivity index (χ1v) is 3.97. The maximum absolute atomic E-state index is 9.31. The van der Waals surface area contributed by atoms with Crippen LogP contribution in [-0.2, 0) is 0 Å². The molecule has 10 heavy (non-hydrogen) atoms. The Balaban J connectivity index is 2.49. The molecule has 0 heterocycles. The molecule has 0 amide bonds. The SMILES string of the molecule is C[C@@H]1C[C@H](C)[C@@H](O)[C@@H](O)C1. The Morgan fingerprint density at radius 3 is 2.20 bits per heavy atom. The average Bonchev–Trinajstić information content (AvgIpc) is 1.82. The van der Waals surface area contributed by atoms with Gasteiger partial charge < -0.3 is 10.2 Å². The van der Waals surface area contributed by atoms with Gasteiger partial charge in [0.1, 0.15) is 0 Å². The summed E-state index contributed by atoms with van der Waals surface area (Å²) in [5.74, 6) is 0.826. The van der Waals surface area contributed by atoms with E-state index in [-0.39, 0.29) is 5.92 Å². The number of hydrogen-bond acceptors (Lipinski definition) is 2. The van der Waals surface area contributed by atoms with Crippen LogP contribution in [0.3, 0.4) is 0 Å². The van der Waals surface area contributed by atoms with Crippen LogP contribution in [0.5, 0.6) is 0 Å². The lowest BCUT2D eigenvalue weighted by Crippen LogP contribution is -2.38. The third-order valence-electron chi connectivity index (χ3n) is 2.40. The first-order chi connectivity index (χ1) is 4.61. The summed E-state index contributed by atoms with van der Waals surface area (Å²) in [7, 11) is 0. The van der Waals surface area contributed by atoms with Crippen molar-refractivity contribution < 1.29 is 10.2 Å². The van der Waals surface area contributed by atoms with Crippen LogP contribution < -0.4 is 0 Å². The fraction of sp³-hybridized carbons (Fsp3) is 1.00. The monoisotopic (exact) mass is 144 g/mol. The Labute approximate surface area is 61.9 Å². The molecule has 1 aliphatic rings. The maximum atomic E-state index is 9.31. The lowest BCUT2D eigenvalue weighted by atomic mass is 9.80. The van der Waals surface area contributed by atoms with E-state index in [9.17, 15) is 10.2 Å². The molecule has 60 valence electrons. The van der Waals surface area contributed by atoms with Crippen LogP contribution in [0.2, 0.25) is 0 Å². The van der Waals surface area contributed by atoms with Gasteiger partial charge in [-0.1, -0.05) is 13.8 Å². The molecule has 4 atom stereocenters. The van der Waals surface area contributed by atoms with Gasteiger partial charge in [-0.25, -0.2) is 0 Å². The Kier molecular flexibility index (Phi) is 2.32. The number of aliphatic hydroxyl groups is 2. The Morgan fingerprint density at radius 1 is 1.10 bits per heavy atom. The molecule has 1 aliphatic carbocycles. The van der Waals surface area contributed by atoms with Gasteiger partial charge in [0.25, 0.3) is 0 Å². The summed E-state index contributed by atoms with van der Waals surface area (Å²) in [6.45, 7) is 4.11. The minimum atomic E-state index is -0.490. The van der Waals surface area contributed by atoms with Crippen molar-refractivity contribution in [1.29, 1.82) is 0 Å². The second-order valence-corrected chi connectivity index (χ2v) is 3.61. The second kappa shape index (κ2) is 2.89. The minimum absolute atomic E-state index is 0.263. The fourth-order valence-electron chi connectivity index (χ4n) is 1.80. The first kappa shape index (κ1) is 8.02. The molecule has 1 saturated carbocycles. The van der Waals surface area contributed by atoms with Crippen molar-refractivity contribution >= 4 is 0 Å². The topological polar surface area (TPSA) is 40.5 Å². The van der Waals surface area contributed by atoms with Gasteiger partial charge in [0, 0.05) is 0 Å². The van der Waals surface area contributed by atoms with E-state index >= 15 is 0 Å². The highest BCUT2D eigenvalue weighted by Crippen LogP contribution is 2.28. The second-order valence-electron chi connectivity index (χ2n) is 3.61. The van der Waals surface area contributed by atoms with Gasteiger partial charge in [-0.15, -0.1) is 0 Å². The summed E-state index contributed by atoms with van der Waals surface area (Å²) in [5.41, 5.74) is 0. The molecule has 1 rings (SSSR count). The molecule has 2 heteroatoms. The zero-order valence-electron chi connectivity index (χ0n) is 6.62. The summed E-state index contributed by atoms with van der Waals surface area (Å²) in [4.78, 5) is 0. The quantitative estimate of drug-likeness (QED) is 0.527. The molecule has 2 nitrogen and oxygen atoms in total. The molecular formula is C8H16O2. The van der Waals surface area contributed by atoms with Crippen LogP contribution in [0.1, 0.15) is 26.7 Å². The maximum Gasteiger partial charge on any atom is 0.0824 e.